The normalized spacial score (nSPS) is 29.1. The van der Waals surface area contributed by atoms with Gasteiger partial charge in [0.05, 0.1) is 18.2 Å². The molecule has 2 aromatic carbocycles. The molecule has 5 atom stereocenters. The van der Waals surface area contributed by atoms with Gasteiger partial charge in [0.1, 0.15) is 6.54 Å². The third-order valence-electron chi connectivity index (χ3n) is 8.42. The molecule has 0 aromatic heterocycles. The lowest BCUT2D eigenvalue weighted by Crippen LogP contribution is -2.65. The molecule has 188 valence electrons. The van der Waals surface area contributed by atoms with Gasteiger partial charge in [-0.2, -0.15) is 0 Å². The van der Waals surface area contributed by atoms with Gasteiger partial charge in [0.2, 0.25) is 5.91 Å². The van der Waals surface area contributed by atoms with Crippen LogP contribution in [0.15, 0.2) is 54.6 Å². The predicted octanol–water partition coefficient (Wildman–Crippen LogP) is 3.62. The molecular weight excluding hydrogens is 454 g/mol. The van der Waals surface area contributed by atoms with E-state index < -0.39 is 6.10 Å². The smallest absolute Gasteiger partial charge is 0.327 e. The van der Waals surface area contributed by atoms with Crippen LogP contribution in [0, 0.1) is 5.92 Å². The summed E-state index contributed by atoms with van der Waals surface area (Å²) in [5, 5.41) is 3.16. The maximum atomic E-state index is 13.7. The quantitative estimate of drug-likeness (QED) is 0.675. The highest BCUT2D eigenvalue weighted by molar-refractivity contribution is 6.01. The van der Waals surface area contributed by atoms with Crippen molar-refractivity contribution in [2.75, 3.05) is 13.1 Å². The summed E-state index contributed by atoms with van der Waals surface area (Å²) in [6.07, 6.45) is 5.62. The number of ether oxygens (including phenoxy) is 1. The highest BCUT2D eigenvalue weighted by Crippen LogP contribution is 2.43. The minimum absolute atomic E-state index is 0.0214. The van der Waals surface area contributed by atoms with Gasteiger partial charge in [-0.25, -0.2) is 4.79 Å². The third-order valence-corrected chi connectivity index (χ3v) is 8.42. The average Bonchev–Trinajstić information content (AvgIpc) is 3.49. The zero-order chi connectivity index (χ0) is 24.6. The number of nitrogens with one attached hydrogen (secondary N) is 1. The molecule has 0 radical (unpaired) electrons. The number of rotatable bonds is 6. The Morgan fingerprint density at radius 3 is 2.61 bits per heavy atom. The number of carbonyl (C=O) groups excluding carboxylic acids is 3. The van der Waals surface area contributed by atoms with Crippen molar-refractivity contribution in [3.05, 3.63) is 71.3 Å². The summed E-state index contributed by atoms with van der Waals surface area (Å²) in [5.74, 6) is -0.329. The van der Waals surface area contributed by atoms with E-state index >= 15 is 0 Å². The summed E-state index contributed by atoms with van der Waals surface area (Å²) in [6.45, 7) is 0.220. The molecule has 0 spiro atoms. The van der Waals surface area contributed by atoms with Crippen molar-refractivity contribution in [3.8, 4) is 0 Å². The summed E-state index contributed by atoms with van der Waals surface area (Å²) in [4.78, 5) is 43.5. The van der Waals surface area contributed by atoms with Crippen LogP contribution in [-0.2, 0) is 27.2 Å². The van der Waals surface area contributed by atoms with E-state index in [2.05, 4.69) is 17.4 Å². The number of benzene rings is 2. The molecule has 2 heterocycles. The fourth-order valence-corrected chi connectivity index (χ4v) is 6.67. The Balaban J connectivity index is 1.22. The van der Waals surface area contributed by atoms with Crippen LogP contribution >= 0.6 is 0 Å². The number of amides is 4. The summed E-state index contributed by atoms with van der Waals surface area (Å²) in [5.41, 5.74) is 3.49. The first-order valence-electron chi connectivity index (χ1n) is 13.3. The minimum atomic E-state index is -0.688. The number of fused-ring (bicyclic) bond motifs is 4. The second kappa shape index (κ2) is 9.69. The van der Waals surface area contributed by atoms with Crippen LogP contribution in [0.25, 0.3) is 0 Å². The summed E-state index contributed by atoms with van der Waals surface area (Å²) >= 11 is 0. The van der Waals surface area contributed by atoms with Crippen LogP contribution in [-0.4, -0.2) is 59.0 Å². The first kappa shape index (κ1) is 23.2. The van der Waals surface area contributed by atoms with E-state index in [1.165, 1.54) is 10.5 Å². The molecule has 2 aliphatic carbocycles. The van der Waals surface area contributed by atoms with Crippen molar-refractivity contribution < 1.29 is 19.1 Å². The first-order chi connectivity index (χ1) is 17.6. The number of aryl methyl sites for hydroxylation is 1. The number of nitrogens with zero attached hydrogens (tertiary/aromatic N) is 2. The molecule has 7 nitrogen and oxygen atoms in total. The van der Waals surface area contributed by atoms with Crippen molar-refractivity contribution in [3.63, 3.8) is 0 Å². The van der Waals surface area contributed by atoms with Gasteiger partial charge in [-0.05, 0) is 48.8 Å². The van der Waals surface area contributed by atoms with Crippen LogP contribution in [0.1, 0.15) is 54.8 Å². The Morgan fingerprint density at radius 1 is 0.972 bits per heavy atom. The maximum Gasteiger partial charge on any atom is 0.327 e. The minimum Gasteiger partial charge on any atom is -0.363 e. The fraction of sp³-hybridized carbons (Fsp3) is 0.483. The lowest BCUT2D eigenvalue weighted by Gasteiger charge is -2.43. The second-order valence-corrected chi connectivity index (χ2v) is 10.5. The zero-order valence-corrected chi connectivity index (χ0v) is 20.5. The predicted molar refractivity (Wildman–Crippen MR) is 134 cm³/mol. The molecule has 5 unspecified atom stereocenters. The molecule has 1 N–H and O–H groups in total. The fourth-order valence-electron chi connectivity index (χ4n) is 6.67. The number of imide groups is 1. The Kier molecular flexibility index (Phi) is 6.25. The number of hydrogen-bond donors (Lipinski definition) is 1. The first-order valence-corrected chi connectivity index (χ1v) is 13.3. The maximum absolute atomic E-state index is 13.7. The van der Waals surface area contributed by atoms with Crippen molar-refractivity contribution >= 4 is 17.8 Å². The molecule has 0 bridgehead atoms. The molecule has 3 fully saturated rings. The van der Waals surface area contributed by atoms with Gasteiger partial charge < -0.3 is 15.0 Å². The Labute approximate surface area is 211 Å². The molecule has 4 amide bonds. The van der Waals surface area contributed by atoms with E-state index in [0.717, 1.165) is 49.7 Å². The highest BCUT2D eigenvalue weighted by Gasteiger charge is 2.57. The van der Waals surface area contributed by atoms with Crippen molar-refractivity contribution in [2.24, 2.45) is 5.92 Å². The topological polar surface area (TPSA) is 79.0 Å². The standard InChI is InChI=1S/C29H33N3O4/c33-25(30-23-15-14-20-10-4-5-11-21(20)23)18-32-26-22-12-6-7-13-24(22)36-27(26)28(34)31(29(32)35)17-16-19-8-2-1-3-9-19/h1-5,8-11,22-24,26-27H,6-7,12-18H2,(H,30,33). The van der Waals surface area contributed by atoms with Gasteiger partial charge in [0.25, 0.3) is 5.91 Å². The van der Waals surface area contributed by atoms with Gasteiger partial charge in [0.15, 0.2) is 6.10 Å². The molecule has 6 rings (SSSR count). The van der Waals surface area contributed by atoms with E-state index in [1.807, 2.05) is 42.5 Å². The largest absolute Gasteiger partial charge is 0.363 e. The number of carbonyl (C=O) groups is 3. The lowest BCUT2D eigenvalue weighted by molar-refractivity contribution is -0.147. The Hall–Kier alpha value is -3.19. The number of urea groups is 1. The SMILES string of the molecule is O=C(CN1C(=O)N(CCc2ccccc2)C(=O)C2OC3CCCCC3C21)NC1CCc2ccccc21. The molecule has 1 saturated carbocycles. The Morgan fingerprint density at radius 2 is 1.75 bits per heavy atom. The summed E-state index contributed by atoms with van der Waals surface area (Å²) in [6, 6.07) is 17.3. The average molecular weight is 488 g/mol. The van der Waals surface area contributed by atoms with Gasteiger partial charge in [0, 0.05) is 12.5 Å². The summed E-state index contributed by atoms with van der Waals surface area (Å²) in [7, 11) is 0. The molecular formula is C29H33N3O4. The lowest BCUT2D eigenvalue weighted by atomic mass is 9.81. The van der Waals surface area contributed by atoms with E-state index in [0.29, 0.717) is 6.42 Å². The van der Waals surface area contributed by atoms with Gasteiger partial charge in [-0.1, -0.05) is 67.4 Å². The monoisotopic (exact) mass is 487 g/mol. The van der Waals surface area contributed by atoms with Crippen LogP contribution in [0.2, 0.25) is 0 Å². The number of hydrogen-bond acceptors (Lipinski definition) is 4. The van der Waals surface area contributed by atoms with Crippen LogP contribution < -0.4 is 5.32 Å². The van der Waals surface area contributed by atoms with Crippen LogP contribution in [0.3, 0.4) is 0 Å². The van der Waals surface area contributed by atoms with Crippen molar-refractivity contribution in [1.82, 2.24) is 15.1 Å². The molecule has 2 aromatic rings. The highest BCUT2D eigenvalue weighted by atomic mass is 16.5. The molecule has 7 heteroatoms. The summed E-state index contributed by atoms with van der Waals surface area (Å²) < 4.78 is 6.29. The van der Waals surface area contributed by atoms with Crippen molar-refractivity contribution in [1.29, 1.82) is 0 Å². The van der Waals surface area contributed by atoms with Gasteiger partial charge >= 0.3 is 6.03 Å². The molecule has 36 heavy (non-hydrogen) atoms. The van der Waals surface area contributed by atoms with E-state index in [-0.39, 0.29) is 55.0 Å². The van der Waals surface area contributed by atoms with Crippen LogP contribution in [0.4, 0.5) is 4.79 Å². The van der Waals surface area contributed by atoms with E-state index in [4.69, 9.17) is 4.74 Å². The van der Waals surface area contributed by atoms with Gasteiger partial charge in [-0.15, -0.1) is 0 Å². The van der Waals surface area contributed by atoms with Crippen molar-refractivity contribution in [2.45, 2.75) is 69.2 Å². The zero-order valence-electron chi connectivity index (χ0n) is 20.5. The molecule has 4 aliphatic rings. The van der Waals surface area contributed by atoms with Crippen LogP contribution in [0.5, 0.6) is 0 Å². The Bertz CT molecular complexity index is 1150. The molecule has 2 saturated heterocycles. The van der Waals surface area contributed by atoms with E-state index in [1.54, 1.807) is 4.90 Å². The second-order valence-electron chi connectivity index (χ2n) is 10.5. The van der Waals surface area contributed by atoms with E-state index in [9.17, 15) is 14.4 Å². The van der Waals surface area contributed by atoms with Gasteiger partial charge in [-0.3, -0.25) is 14.5 Å². The third kappa shape index (κ3) is 4.19. The molecule has 2 aliphatic heterocycles.